The Morgan fingerprint density at radius 1 is 1.30 bits per heavy atom. The number of halogens is 2. The van der Waals surface area contributed by atoms with Gasteiger partial charge in [-0.3, -0.25) is 4.79 Å². The predicted octanol–water partition coefficient (Wildman–Crippen LogP) is 5.46. The van der Waals surface area contributed by atoms with Crippen LogP contribution in [0.2, 0.25) is 0 Å². The van der Waals surface area contributed by atoms with E-state index in [1.54, 1.807) is 0 Å². The number of rotatable bonds is 4. The largest absolute Gasteiger partial charge is 0.345 e. The van der Waals surface area contributed by atoms with Crippen molar-refractivity contribution in [2.45, 2.75) is 26.3 Å². The molecule has 1 heterocycles. The summed E-state index contributed by atoms with van der Waals surface area (Å²) >= 11 is 8.35. The van der Waals surface area contributed by atoms with E-state index in [9.17, 15) is 4.79 Å². The van der Waals surface area contributed by atoms with Gasteiger partial charge in [0.25, 0.3) is 5.91 Å². The number of hydrogen-bond donors (Lipinski definition) is 1. The molecule has 1 unspecified atom stereocenters. The van der Waals surface area contributed by atoms with E-state index in [0.717, 1.165) is 30.7 Å². The minimum absolute atomic E-state index is 0.0152. The molecule has 0 fully saturated rings. The van der Waals surface area contributed by atoms with Crippen molar-refractivity contribution in [2.24, 2.45) is 0 Å². The third kappa shape index (κ3) is 3.71. The molecule has 20 heavy (non-hydrogen) atoms. The number of hydrogen-bond acceptors (Lipinski definition) is 2. The molecule has 106 valence electrons. The lowest BCUT2D eigenvalue weighted by Gasteiger charge is -2.17. The van der Waals surface area contributed by atoms with Crippen LogP contribution in [0.4, 0.5) is 0 Å². The SMILES string of the molecule is CCC(NC(=O)c1cc(C)c(Br)s1)c1ccc(Br)cc1. The first-order valence-electron chi connectivity index (χ1n) is 6.33. The average molecular weight is 417 g/mol. The molecule has 5 heteroatoms. The van der Waals surface area contributed by atoms with Crippen molar-refractivity contribution in [2.75, 3.05) is 0 Å². The molecule has 0 aliphatic heterocycles. The van der Waals surface area contributed by atoms with E-state index in [2.05, 4.69) is 44.1 Å². The second kappa shape index (κ2) is 6.87. The maximum Gasteiger partial charge on any atom is 0.261 e. The number of benzene rings is 1. The molecule has 0 radical (unpaired) electrons. The van der Waals surface area contributed by atoms with E-state index >= 15 is 0 Å². The highest BCUT2D eigenvalue weighted by Gasteiger charge is 2.16. The molecule has 1 aromatic carbocycles. The van der Waals surface area contributed by atoms with Gasteiger partial charge in [-0.1, -0.05) is 35.0 Å². The number of carbonyl (C=O) groups is 1. The van der Waals surface area contributed by atoms with Crippen LogP contribution in [-0.2, 0) is 0 Å². The summed E-state index contributed by atoms with van der Waals surface area (Å²) in [6.45, 7) is 4.06. The Kier molecular flexibility index (Phi) is 5.41. The second-order valence-corrected chi connectivity index (χ2v) is 7.84. The first-order chi connectivity index (χ1) is 9.51. The van der Waals surface area contributed by atoms with E-state index in [1.807, 2.05) is 37.3 Å². The Morgan fingerprint density at radius 3 is 2.45 bits per heavy atom. The van der Waals surface area contributed by atoms with Crippen molar-refractivity contribution in [1.82, 2.24) is 5.32 Å². The third-order valence-corrected chi connectivity index (χ3v) is 5.73. The fraction of sp³-hybridized carbons (Fsp3) is 0.267. The van der Waals surface area contributed by atoms with Crippen LogP contribution in [0.3, 0.4) is 0 Å². The van der Waals surface area contributed by atoms with Crippen molar-refractivity contribution < 1.29 is 4.79 Å². The molecule has 0 aliphatic rings. The fourth-order valence-electron chi connectivity index (χ4n) is 1.92. The van der Waals surface area contributed by atoms with Crippen molar-refractivity contribution in [1.29, 1.82) is 0 Å². The third-order valence-electron chi connectivity index (χ3n) is 3.07. The second-order valence-electron chi connectivity index (χ2n) is 4.55. The molecule has 0 saturated heterocycles. The quantitative estimate of drug-likeness (QED) is 0.703. The molecule has 1 atom stereocenters. The first kappa shape index (κ1) is 15.7. The Bertz CT molecular complexity index is 587. The minimum Gasteiger partial charge on any atom is -0.345 e. The molecule has 2 rings (SSSR count). The Balaban J connectivity index is 2.13. The van der Waals surface area contributed by atoms with E-state index in [4.69, 9.17) is 0 Å². The molecular formula is C15H15Br2NOS. The number of aryl methyl sites for hydroxylation is 1. The highest BCUT2D eigenvalue weighted by Crippen LogP contribution is 2.28. The molecule has 0 aliphatic carbocycles. The standard InChI is InChI=1S/C15H15Br2NOS/c1-3-12(10-4-6-11(16)7-5-10)18-15(19)13-8-9(2)14(17)20-13/h4-8,12H,3H2,1-2H3,(H,18,19). The van der Waals surface area contributed by atoms with Crippen LogP contribution in [0.15, 0.2) is 38.6 Å². The van der Waals surface area contributed by atoms with Gasteiger partial charge in [-0.2, -0.15) is 0 Å². The zero-order valence-corrected chi connectivity index (χ0v) is 15.2. The number of carbonyl (C=O) groups excluding carboxylic acids is 1. The summed E-state index contributed by atoms with van der Waals surface area (Å²) in [5.41, 5.74) is 2.22. The lowest BCUT2D eigenvalue weighted by molar-refractivity contribution is 0.0939. The van der Waals surface area contributed by atoms with Gasteiger partial charge >= 0.3 is 0 Å². The number of nitrogens with one attached hydrogen (secondary N) is 1. The van der Waals surface area contributed by atoms with Crippen LogP contribution < -0.4 is 5.32 Å². The van der Waals surface area contributed by atoms with Gasteiger partial charge in [-0.05, 0) is 58.6 Å². The predicted molar refractivity (Wildman–Crippen MR) is 91.4 cm³/mol. The van der Waals surface area contributed by atoms with Crippen molar-refractivity contribution in [3.8, 4) is 0 Å². The molecule has 0 spiro atoms. The highest BCUT2D eigenvalue weighted by atomic mass is 79.9. The monoisotopic (exact) mass is 415 g/mol. The van der Waals surface area contributed by atoms with E-state index in [0.29, 0.717) is 0 Å². The van der Waals surface area contributed by atoms with E-state index in [-0.39, 0.29) is 11.9 Å². The van der Waals surface area contributed by atoms with Crippen LogP contribution in [0, 0.1) is 6.92 Å². The average Bonchev–Trinajstić information content (AvgIpc) is 2.77. The van der Waals surface area contributed by atoms with Gasteiger partial charge in [-0.15, -0.1) is 11.3 Å². The summed E-state index contributed by atoms with van der Waals surface area (Å²) in [5, 5.41) is 3.09. The van der Waals surface area contributed by atoms with Crippen LogP contribution in [0.25, 0.3) is 0 Å². The molecular weight excluding hydrogens is 402 g/mol. The van der Waals surface area contributed by atoms with Gasteiger partial charge in [0.1, 0.15) is 0 Å². The molecule has 2 aromatic rings. The van der Waals surface area contributed by atoms with Crippen molar-refractivity contribution in [3.05, 3.63) is 54.6 Å². The summed E-state index contributed by atoms with van der Waals surface area (Å²) < 4.78 is 2.06. The lowest BCUT2D eigenvalue weighted by Crippen LogP contribution is -2.27. The zero-order chi connectivity index (χ0) is 14.7. The molecule has 1 amide bonds. The van der Waals surface area contributed by atoms with Crippen molar-refractivity contribution in [3.63, 3.8) is 0 Å². The maximum absolute atomic E-state index is 12.3. The topological polar surface area (TPSA) is 29.1 Å². The molecule has 0 bridgehead atoms. The fourth-order valence-corrected chi connectivity index (χ4v) is 3.62. The summed E-state index contributed by atoms with van der Waals surface area (Å²) in [5.74, 6) is -0.0152. The number of thiophene rings is 1. The summed E-state index contributed by atoms with van der Waals surface area (Å²) in [6, 6.07) is 10.0. The normalized spacial score (nSPS) is 12.2. The summed E-state index contributed by atoms with van der Waals surface area (Å²) in [6.07, 6.45) is 0.860. The van der Waals surface area contributed by atoms with Gasteiger partial charge in [0.05, 0.1) is 14.7 Å². The molecule has 2 nitrogen and oxygen atoms in total. The smallest absolute Gasteiger partial charge is 0.261 e. The van der Waals surface area contributed by atoms with Gasteiger partial charge in [-0.25, -0.2) is 0 Å². The van der Waals surface area contributed by atoms with Crippen LogP contribution in [0.1, 0.15) is 40.2 Å². The van der Waals surface area contributed by atoms with Gasteiger partial charge in [0.2, 0.25) is 0 Å². The summed E-state index contributed by atoms with van der Waals surface area (Å²) in [7, 11) is 0. The highest BCUT2D eigenvalue weighted by molar-refractivity contribution is 9.11. The van der Waals surface area contributed by atoms with E-state index in [1.165, 1.54) is 11.3 Å². The zero-order valence-electron chi connectivity index (χ0n) is 11.2. The van der Waals surface area contributed by atoms with E-state index < -0.39 is 0 Å². The molecule has 1 N–H and O–H groups in total. The van der Waals surface area contributed by atoms with Crippen molar-refractivity contribution >= 4 is 49.1 Å². The maximum atomic E-state index is 12.3. The van der Waals surface area contributed by atoms with Crippen LogP contribution in [-0.4, -0.2) is 5.91 Å². The van der Waals surface area contributed by atoms with Gasteiger partial charge < -0.3 is 5.32 Å². The lowest BCUT2D eigenvalue weighted by atomic mass is 10.0. The Morgan fingerprint density at radius 2 is 1.95 bits per heavy atom. The summed E-state index contributed by atoms with van der Waals surface area (Å²) in [4.78, 5) is 13.0. The molecule has 0 saturated carbocycles. The first-order valence-corrected chi connectivity index (χ1v) is 8.73. The Labute approximate surface area is 139 Å². The molecule has 1 aromatic heterocycles. The van der Waals surface area contributed by atoms with Crippen LogP contribution >= 0.6 is 43.2 Å². The van der Waals surface area contributed by atoms with Gasteiger partial charge in [0.15, 0.2) is 0 Å². The van der Waals surface area contributed by atoms with Gasteiger partial charge in [0, 0.05) is 4.47 Å². The Hall–Kier alpha value is -0.650. The minimum atomic E-state index is -0.0152. The number of amides is 1. The van der Waals surface area contributed by atoms with Crippen LogP contribution in [0.5, 0.6) is 0 Å².